The summed E-state index contributed by atoms with van der Waals surface area (Å²) in [6, 6.07) is 21.6. The molecule has 3 amide bonds. The molecule has 41 heavy (non-hydrogen) atoms. The van der Waals surface area contributed by atoms with Crippen LogP contribution in [0.5, 0.6) is 17.2 Å². The molecule has 0 radical (unpaired) electrons. The highest BCUT2D eigenvalue weighted by Crippen LogP contribution is 2.38. The van der Waals surface area contributed by atoms with Gasteiger partial charge < -0.3 is 24.8 Å². The van der Waals surface area contributed by atoms with Gasteiger partial charge in [0.2, 0.25) is 0 Å². The van der Waals surface area contributed by atoms with Gasteiger partial charge in [-0.05, 0) is 68.3 Å². The molecule has 1 aromatic heterocycles. The van der Waals surface area contributed by atoms with Gasteiger partial charge in [0.1, 0.15) is 17.9 Å². The molecule has 2 heterocycles. The van der Waals surface area contributed by atoms with E-state index < -0.39 is 11.6 Å². The topological polar surface area (TPSA) is 104 Å². The van der Waals surface area contributed by atoms with Crippen LogP contribution in [-0.2, 0) is 17.8 Å². The summed E-state index contributed by atoms with van der Waals surface area (Å²) in [5, 5.41) is 14.2. The van der Waals surface area contributed by atoms with Gasteiger partial charge in [-0.25, -0.2) is 9.69 Å². The summed E-state index contributed by atoms with van der Waals surface area (Å²) in [4.78, 5) is 34.5. The maximum Gasteiger partial charge on any atom is 0.332 e. The molecule has 5 rings (SSSR count). The number of nitrogens with zero attached hydrogens (tertiary/aromatic N) is 3. The van der Waals surface area contributed by atoms with Crippen molar-refractivity contribution in [3.05, 3.63) is 90.1 Å². The number of carbonyl (C=O) groups is 2. The lowest BCUT2D eigenvalue weighted by molar-refractivity contribution is -0.123. The van der Waals surface area contributed by atoms with Crippen molar-refractivity contribution >= 4 is 28.5 Å². The number of hydrogen-bond donors (Lipinski definition) is 2. The van der Waals surface area contributed by atoms with E-state index >= 15 is 0 Å². The Kier molecular flexibility index (Phi) is 8.07. The molecule has 0 spiro atoms. The fourth-order valence-electron chi connectivity index (χ4n) is 5.01. The average molecular weight is 555 g/mol. The van der Waals surface area contributed by atoms with Crippen LogP contribution < -0.4 is 19.7 Å². The molecule has 0 bridgehead atoms. The Hall–Kier alpha value is -4.63. The van der Waals surface area contributed by atoms with Crippen LogP contribution >= 0.6 is 0 Å². The number of ether oxygens (including phenoxy) is 2. The monoisotopic (exact) mass is 554 g/mol. The van der Waals surface area contributed by atoms with E-state index in [0.717, 1.165) is 22.0 Å². The number of rotatable bonds is 11. The minimum atomic E-state index is -1.06. The Balaban J connectivity index is 1.28. The van der Waals surface area contributed by atoms with Crippen LogP contribution in [0.3, 0.4) is 0 Å². The lowest BCUT2D eigenvalue weighted by Crippen LogP contribution is -2.43. The molecule has 0 unspecified atom stereocenters. The number of nitrogens with one attached hydrogen (secondary N) is 1. The third kappa shape index (κ3) is 5.67. The SMILES string of the molecule is COc1ccc(N2C(=O)N(Cc3ccnc4ccccc34)C(C)(C)C2=O)cc1OCCNCCc1ccccc1O. The first-order valence-electron chi connectivity index (χ1n) is 13.6. The molecule has 0 atom stereocenters. The van der Waals surface area contributed by atoms with E-state index in [1.807, 2.05) is 42.5 Å². The molecule has 212 valence electrons. The largest absolute Gasteiger partial charge is 0.508 e. The van der Waals surface area contributed by atoms with Crippen LogP contribution in [0.4, 0.5) is 10.5 Å². The second-order valence-corrected chi connectivity index (χ2v) is 10.4. The maximum atomic E-state index is 13.7. The van der Waals surface area contributed by atoms with Crippen molar-refractivity contribution in [3.63, 3.8) is 0 Å². The summed E-state index contributed by atoms with van der Waals surface area (Å²) < 4.78 is 11.5. The molecule has 4 aromatic rings. The lowest BCUT2D eigenvalue weighted by Gasteiger charge is -2.28. The van der Waals surface area contributed by atoms with Crippen LogP contribution in [0.1, 0.15) is 25.0 Å². The van der Waals surface area contributed by atoms with E-state index in [-0.39, 0.29) is 18.2 Å². The number of para-hydroxylation sites is 2. The van der Waals surface area contributed by atoms with Gasteiger partial charge in [0.15, 0.2) is 11.5 Å². The Bertz CT molecular complexity index is 1570. The third-order valence-corrected chi connectivity index (χ3v) is 7.40. The summed E-state index contributed by atoms with van der Waals surface area (Å²) >= 11 is 0. The molecule has 1 fully saturated rings. The molecular weight excluding hydrogens is 520 g/mol. The lowest BCUT2D eigenvalue weighted by atomic mass is 10.0. The summed E-state index contributed by atoms with van der Waals surface area (Å²) in [6.45, 7) is 5.37. The quantitative estimate of drug-likeness (QED) is 0.201. The summed E-state index contributed by atoms with van der Waals surface area (Å²) in [7, 11) is 1.54. The van der Waals surface area contributed by atoms with E-state index in [2.05, 4.69) is 10.3 Å². The number of pyridine rings is 1. The van der Waals surface area contributed by atoms with Crippen molar-refractivity contribution in [1.29, 1.82) is 0 Å². The number of phenols is 1. The second kappa shape index (κ2) is 11.9. The number of amides is 3. The minimum absolute atomic E-state index is 0.267. The van der Waals surface area contributed by atoms with Gasteiger partial charge in [-0.2, -0.15) is 0 Å². The molecule has 2 N–H and O–H groups in total. The number of phenolic OH excluding ortho intramolecular Hbond substituents is 1. The zero-order chi connectivity index (χ0) is 29.0. The predicted molar refractivity (Wildman–Crippen MR) is 157 cm³/mol. The average Bonchev–Trinajstić information content (AvgIpc) is 3.14. The summed E-state index contributed by atoms with van der Waals surface area (Å²) in [6.07, 6.45) is 2.41. The normalized spacial score (nSPS) is 14.6. The Morgan fingerprint density at radius 2 is 1.71 bits per heavy atom. The van der Waals surface area contributed by atoms with Gasteiger partial charge in [-0.1, -0.05) is 36.4 Å². The van der Waals surface area contributed by atoms with E-state index in [1.165, 1.54) is 4.90 Å². The number of fused-ring (bicyclic) bond motifs is 1. The van der Waals surface area contributed by atoms with Gasteiger partial charge in [-0.3, -0.25) is 9.78 Å². The van der Waals surface area contributed by atoms with Crippen molar-refractivity contribution < 1.29 is 24.2 Å². The van der Waals surface area contributed by atoms with E-state index in [1.54, 1.807) is 62.4 Å². The van der Waals surface area contributed by atoms with Crippen molar-refractivity contribution in [2.75, 3.05) is 31.7 Å². The van der Waals surface area contributed by atoms with Crippen LogP contribution in [0.25, 0.3) is 10.9 Å². The molecule has 1 saturated heterocycles. The Morgan fingerprint density at radius 3 is 2.51 bits per heavy atom. The highest BCUT2D eigenvalue weighted by atomic mass is 16.5. The van der Waals surface area contributed by atoms with Crippen LogP contribution in [-0.4, -0.2) is 59.3 Å². The molecule has 9 heteroatoms. The number of benzene rings is 3. The van der Waals surface area contributed by atoms with E-state index in [9.17, 15) is 14.7 Å². The number of carbonyl (C=O) groups excluding carboxylic acids is 2. The van der Waals surface area contributed by atoms with Crippen molar-refractivity contribution in [2.45, 2.75) is 32.4 Å². The predicted octanol–water partition coefficient (Wildman–Crippen LogP) is 4.91. The number of anilines is 1. The molecule has 0 saturated carbocycles. The molecule has 0 aliphatic carbocycles. The molecule has 1 aliphatic rings. The fraction of sp³-hybridized carbons (Fsp3) is 0.281. The number of aromatic nitrogens is 1. The van der Waals surface area contributed by atoms with E-state index in [4.69, 9.17) is 9.47 Å². The highest BCUT2D eigenvalue weighted by molar-refractivity contribution is 6.23. The van der Waals surface area contributed by atoms with Gasteiger partial charge >= 0.3 is 6.03 Å². The van der Waals surface area contributed by atoms with Crippen molar-refractivity contribution in [2.24, 2.45) is 0 Å². The first-order chi connectivity index (χ1) is 19.8. The van der Waals surface area contributed by atoms with Gasteiger partial charge in [0.05, 0.1) is 18.3 Å². The Morgan fingerprint density at radius 1 is 0.927 bits per heavy atom. The van der Waals surface area contributed by atoms with Crippen molar-refractivity contribution in [1.82, 2.24) is 15.2 Å². The van der Waals surface area contributed by atoms with Crippen LogP contribution in [0.2, 0.25) is 0 Å². The molecule has 3 aromatic carbocycles. The first-order valence-corrected chi connectivity index (χ1v) is 13.6. The molecular formula is C32H34N4O5. The van der Waals surface area contributed by atoms with E-state index in [0.29, 0.717) is 43.3 Å². The zero-order valence-electron chi connectivity index (χ0n) is 23.5. The molecule has 1 aliphatic heterocycles. The number of aromatic hydroxyl groups is 1. The third-order valence-electron chi connectivity index (χ3n) is 7.40. The molecule has 9 nitrogen and oxygen atoms in total. The number of imide groups is 1. The minimum Gasteiger partial charge on any atom is -0.508 e. The number of urea groups is 1. The number of methoxy groups -OCH3 is 1. The fourth-order valence-corrected chi connectivity index (χ4v) is 5.01. The van der Waals surface area contributed by atoms with Crippen LogP contribution in [0, 0.1) is 0 Å². The number of hydrogen-bond acceptors (Lipinski definition) is 7. The maximum absolute atomic E-state index is 13.7. The summed E-state index contributed by atoms with van der Waals surface area (Å²) in [5.41, 5.74) is 1.99. The highest BCUT2D eigenvalue weighted by Gasteiger charge is 2.52. The summed E-state index contributed by atoms with van der Waals surface area (Å²) in [5.74, 6) is 0.905. The van der Waals surface area contributed by atoms with Gasteiger partial charge in [0, 0.05) is 30.7 Å². The first kappa shape index (κ1) is 27.9. The Labute approximate surface area is 239 Å². The van der Waals surface area contributed by atoms with Crippen molar-refractivity contribution in [3.8, 4) is 17.2 Å². The standard InChI is InChI=1S/C32H34N4O5/c1-32(2)30(38)36(31(39)35(32)21-23-15-17-34-26-10-6-5-9-25(23)26)24-12-13-28(40-3)29(20-24)41-19-18-33-16-14-22-8-4-7-11-27(22)37/h4-13,15,17,20,33,37H,14,16,18-19,21H2,1-3H3. The smallest absolute Gasteiger partial charge is 0.332 e. The van der Waals surface area contributed by atoms with Crippen LogP contribution in [0.15, 0.2) is 79.0 Å². The van der Waals surface area contributed by atoms with Gasteiger partial charge in [0.25, 0.3) is 5.91 Å². The second-order valence-electron chi connectivity index (χ2n) is 10.4. The van der Waals surface area contributed by atoms with Gasteiger partial charge in [-0.15, -0.1) is 0 Å². The zero-order valence-corrected chi connectivity index (χ0v) is 23.5.